The summed E-state index contributed by atoms with van der Waals surface area (Å²) in [6, 6.07) is 0. The molecule has 2 aliphatic rings. The molecule has 1 N–H and O–H groups in total. The Balaban J connectivity index is 1.95. The van der Waals surface area contributed by atoms with Crippen LogP contribution in [0.25, 0.3) is 0 Å². The van der Waals surface area contributed by atoms with Crippen molar-refractivity contribution in [1.29, 1.82) is 0 Å². The van der Waals surface area contributed by atoms with Crippen LogP contribution in [-0.2, 0) is 9.53 Å². The van der Waals surface area contributed by atoms with Crippen molar-refractivity contribution in [3.63, 3.8) is 0 Å². The van der Waals surface area contributed by atoms with Crippen LogP contribution in [0.5, 0.6) is 0 Å². The van der Waals surface area contributed by atoms with Gasteiger partial charge in [-0.15, -0.1) is 0 Å². The van der Waals surface area contributed by atoms with E-state index in [2.05, 4.69) is 5.32 Å². The molecule has 1 aliphatic heterocycles. The molecule has 12 heavy (non-hydrogen) atoms. The molecule has 3 nitrogen and oxygen atoms in total. The smallest absolute Gasteiger partial charge is 0.309 e. The molecule has 0 amide bonds. The Kier molecular flexibility index (Phi) is 1.83. The summed E-state index contributed by atoms with van der Waals surface area (Å²) in [7, 11) is 1.48. The number of esters is 1. The van der Waals surface area contributed by atoms with Gasteiger partial charge < -0.3 is 10.1 Å². The zero-order valence-electron chi connectivity index (χ0n) is 7.43. The van der Waals surface area contributed by atoms with Crippen LogP contribution in [0.1, 0.15) is 19.3 Å². The first kappa shape index (κ1) is 8.05. The van der Waals surface area contributed by atoms with E-state index in [1.165, 1.54) is 7.11 Å². The Labute approximate surface area is 72.5 Å². The van der Waals surface area contributed by atoms with Gasteiger partial charge in [0.15, 0.2) is 0 Å². The number of rotatable bonds is 1. The lowest BCUT2D eigenvalue weighted by atomic mass is 9.92. The average Bonchev–Trinajstić information content (AvgIpc) is 2.80. The predicted octanol–water partition coefficient (Wildman–Crippen LogP) is 0.549. The zero-order valence-corrected chi connectivity index (χ0v) is 7.43. The monoisotopic (exact) mass is 169 g/mol. The minimum Gasteiger partial charge on any atom is -0.469 e. The molecule has 1 heterocycles. The van der Waals surface area contributed by atoms with E-state index in [0.717, 1.165) is 32.4 Å². The van der Waals surface area contributed by atoms with E-state index in [0.29, 0.717) is 5.41 Å². The topological polar surface area (TPSA) is 38.3 Å². The second kappa shape index (κ2) is 2.73. The molecule has 1 spiro atoms. The summed E-state index contributed by atoms with van der Waals surface area (Å²) in [6.07, 6.45) is 3.35. The zero-order chi connectivity index (χ0) is 8.60. The maximum absolute atomic E-state index is 11.2. The maximum atomic E-state index is 11.2. The van der Waals surface area contributed by atoms with Gasteiger partial charge in [-0.05, 0) is 37.8 Å². The number of nitrogens with one attached hydrogen (secondary N) is 1. The van der Waals surface area contributed by atoms with Crippen molar-refractivity contribution in [2.75, 3.05) is 20.2 Å². The van der Waals surface area contributed by atoms with E-state index in [-0.39, 0.29) is 11.9 Å². The summed E-state index contributed by atoms with van der Waals surface area (Å²) in [5.41, 5.74) is 0.332. The Morgan fingerprint density at radius 2 is 2.17 bits per heavy atom. The lowest BCUT2D eigenvalue weighted by Gasteiger charge is -2.22. The third kappa shape index (κ3) is 1.12. The summed E-state index contributed by atoms with van der Waals surface area (Å²) < 4.78 is 4.74. The van der Waals surface area contributed by atoms with Crippen molar-refractivity contribution in [3.05, 3.63) is 0 Å². The van der Waals surface area contributed by atoms with Crippen LogP contribution in [0.2, 0.25) is 0 Å². The van der Waals surface area contributed by atoms with Gasteiger partial charge in [0.1, 0.15) is 0 Å². The highest BCUT2D eigenvalue weighted by Gasteiger charge is 2.58. The van der Waals surface area contributed by atoms with Crippen molar-refractivity contribution in [2.45, 2.75) is 19.3 Å². The highest BCUT2D eigenvalue weighted by atomic mass is 16.5. The molecule has 2 fully saturated rings. The van der Waals surface area contributed by atoms with E-state index >= 15 is 0 Å². The molecule has 0 bridgehead atoms. The molecule has 0 unspecified atom stereocenters. The van der Waals surface area contributed by atoms with Crippen LogP contribution < -0.4 is 5.32 Å². The van der Waals surface area contributed by atoms with Gasteiger partial charge in [0.25, 0.3) is 0 Å². The van der Waals surface area contributed by atoms with Crippen LogP contribution in [0.15, 0.2) is 0 Å². The van der Waals surface area contributed by atoms with Crippen molar-refractivity contribution in [1.82, 2.24) is 5.32 Å². The Morgan fingerprint density at radius 3 is 2.75 bits per heavy atom. The molecule has 2 rings (SSSR count). The van der Waals surface area contributed by atoms with Gasteiger partial charge in [-0.2, -0.15) is 0 Å². The van der Waals surface area contributed by atoms with Gasteiger partial charge in [0.2, 0.25) is 0 Å². The third-order valence-corrected chi connectivity index (χ3v) is 3.27. The normalized spacial score (nSPS) is 31.6. The summed E-state index contributed by atoms with van der Waals surface area (Å²) in [6.45, 7) is 2.13. The van der Waals surface area contributed by atoms with E-state index in [4.69, 9.17) is 4.74 Å². The second-order valence-corrected chi connectivity index (χ2v) is 3.89. The van der Waals surface area contributed by atoms with Crippen LogP contribution in [0.4, 0.5) is 0 Å². The first-order valence-corrected chi connectivity index (χ1v) is 4.57. The van der Waals surface area contributed by atoms with E-state index < -0.39 is 0 Å². The third-order valence-electron chi connectivity index (χ3n) is 3.27. The van der Waals surface area contributed by atoms with Crippen molar-refractivity contribution >= 4 is 5.97 Å². The molecule has 3 heteroatoms. The molecule has 0 radical (unpaired) electrons. The highest BCUT2D eigenvalue weighted by Crippen LogP contribution is 2.58. The van der Waals surface area contributed by atoms with Crippen LogP contribution >= 0.6 is 0 Å². The fourth-order valence-corrected chi connectivity index (χ4v) is 2.30. The minimum atomic E-state index is -0.00287. The molecule has 1 aliphatic carbocycles. The molecular formula is C9H15NO2. The van der Waals surface area contributed by atoms with Gasteiger partial charge >= 0.3 is 5.97 Å². The molecule has 1 saturated carbocycles. The Morgan fingerprint density at radius 1 is 1.50 bits per heavy atom. The maximum Gasteiger partial charge on any atom is 0.309 e. The lowest BCUT2D eigenvalue weighted by Crippen LogP contribution is -2.30. The standard InChI is InChI=1S/C9H15NO2/c1-12-8(11)7-6-9(7)2-4-10-5-3-9/h7,10H,2-6H2,1H3/t7-/m0/s1. The average molecular weight is 169 g/mol. The van der Waals surface area contributed by atoms with Crippen LogP contribution in [-0.4, -0.2) is 26.2 Å². The van der Waals surface area contributed by atoms with Gasteiger partial charge in [0, 0.05) is 0 Å². The summed E-state index contributed by atoms with van der Waals surface area (Å²) in [4.78, 5) is 11.2. The molecule has 0 aromatic carbocycles. The highest BCUT2D eigenvalue weighted by molar-refractivity contribution is 5.76. The first-order valence-electron chi connectivity index (χ1n) is 4.57. The number of carbonyl (C=O) groups is 1. The van der Waals surface area contributed by atoms with E-state index in [1.54, 1.807) is 0 Å². The molecule has 1 atom stereocenters. The van der Waals surface area contributed by atoms with Gasteiger partial charge in [-0.3, -0.25) is 4.79 Å². The van der Waals surface area contributed by atoms with E-state index in [1.807, 2.05) is 0 Å². The second-order valence-electron chi connectivity index (χ2n) is 3.89. The van der Waals surface area contributed by atoms with Crippen LogP contribution in [0, 0.1) is 11.3 Å². The quantitative estimate of drug-likeness (QED) is 0.582. The van der Waals surface area contributed by atoms with Gasteiger partial charge in [0.05, 0.1) is 13.0 Å². The first-order chi connectivity index (χ1) is 5.78. The summed E-state index contributed by atoms with van der Waals surface area (Å²) >= 11 is 0. The summed E-state index contributed by atoms with van der Waals surface area (Å²) in [5, 5.41) is 3.31. The number of hydrogen-bond acceptors (Lipinski definition) is 3. The van der Waals surface area contributed by atoms with E-state index in [9.17, 15) is 4.79 Å². The largest absolute Gasteiger partial charge is 0.469 e. The van der Waals surface area contributed by atoms with Crippen molar-refractivity contribution < 1.29 is 9.53 Å². The number of piperidine rings is 1. The van der Waals surface area contributed by atoms with Crippen molar-refractivity contribution in [3.8, 4) is 0 Å². The van der Waals surface area contributed by atoms with Gasteiger partial charge in [-0.25, -0.2) is 0 Å². The number of carbonyl (C=O) groups excluding carboxylic acids is 1. The van der Waals surface area contributed by atoms with Crippen molar-refractivity contribution in [2.24, 2.45) is 11.3 Å². The van der Waals surface area contributed by atoms with Crippen LogP contribution in [0.3, 0.4) is 0 Å². The number of ether oxygens (including phenoxy) is 1. The Bertz CT molecular complexity index is 197. The molecule has 0 aromatic heterocycles. The lowest BCUT2D eigenvalue weighted by molar-refractivity contribution is -0.143. The predicted molar refractivity (Wildman–Crippen MR) is 44.7 cm³/mol. The number of hydrogen-bond donors (Lipinski definition) is 1. The SMILES string of the molecule is COC(=O)[C@@H]1CC12CCNCC2. The Hall–Kier alpha value is -0.570. The fraction of sp³-hybridized carbons (Fsp3) is 0.889. The van der Waals surface area contributed by atoms with Gasteiger partial charge in [-0.1, -0.05) is 0 Å². The fourth-order valence-electron chi connectivity index (χ4n) is 2.30. The molecule has 68 valence electrons. The summed E-state index contributed by atoms with van der Waals surface area (Å²) in [5.74, 6) is 0.210. The molecule has 0 aromatic rings. The number of methoxy groups -OCH3 is 1. The molecular weight excluding hydrogens is 154 g/mol. The molecule has 1 saturated heterocycles. The minimum absolute atomic E-state index is 0.00287.